The largest absolute Gasteiger partial charge is 0.457 e. The minimum absolute atomic E-state index is 0.269. The molecule has 0 amide bonds. The highest BCUT2D eigenvalue weighted by Crippen LogP contribution is 2.33. The number of furan rings is 1. The van der Waals surface area contributed by atoms with Gasteiger partial charge in [-0.1, -0.05) is 41.6 Å². The Bertz CT molecular complexity index is 754. The van der Waals surface area contributed by atoms with E-state index in [1.165, 1.54) is 11.5 Å². The van der Waals surface area contributed by atoms with Crippen LogP contribution in [0.3, 0.4) is 0 Å². The van der Waals surface area contributed by atoms with Gasteiger partial charge in [-0.2, -0.15) is 0 Å². The second kappa shape index (κ2) is 6.11. The summed E-state index contributed by atoms with van der Waals surface area (Å²) in [6.07, 6.45) is 1.87. The number of nitrogens with two attached hydrogens (primary N) is 1. The number of halogens is 1. The quantitative estimate of drug-likeness (QED) is 0.556. The average Bonchev–Trinajstić information content (AvgIpc) is 3.09. The first-order valence-corrected chi connectivity index (χ1v) is 7.85. The fourth-order valence-corrected chi connectivity index (χ4v) is 3.31. The fourth-order valence-electron chi connectivity index (χ4n) is 2.32. The Labute approximate surface area is 131 Å². The third-order valence-corrected chi connectivity index (χ3v) is 4.43. The van der Waals surface area contributed by atoms with E-state index in [1.54, 1.807) is 6.07 Å². The molecule has 1 atom stereocenters. The maximum Gasteiger partial charge on any atom is 0.152 e. The molecule has 2 aromatic heterocycles. The normalized spacial score (nSPS) is 12.9. The Hall–Kier alpha value is -1.47. The van der Waals surface area contributed by atoms with E-state index in [4.69, 9.17) is 21.9 Å². The van der Waals surface area contributed by atoms with Gasteiger partial charge in [0.25, 0.3) is 0 Å². The Kier molecular flexibility index (Phi) is 4.21. The Morgan fingerprint density at radius 2 is 2.33 bits per heavy atom. The van der Waals surface area contributed by atoms with Gasteiger partial charge in [0, 0.05) is 5.39 Å². The molecule has 5 nitrogen and oxygen atoms in total. The molecule has 0 saturated carbocycles. The van der Waals surface area contributed by atoms with E-state index in [0.29, 0.717) is 16.4 Å². The monoisotopic (exact) mass is 322 g/mol. The first-order chi connectivity index (χ1) is 10.2. The molecular formula is C14H15ClN4OS. The van der Waals surface area contributed by atoms with Crippen molar-refractivity contribution in [3.05, 3.63) is 45.6 Å². The van der Waals surface area contributed by atoms with Crippen LogP contribution in [-0.2, 0) is 6.42 Å². The van der Waals surface area contributed by atoms with Crippen LogP contribution in [0.1, 0.15) is 35.7 Å². The molecule has 0 spiro atoms. The second-order valence-electron chi connectivity index (χ2n) is 4.74. The van der Waals surface area contributed by atoms with Gasteiger partial charge in [0.05, 0.1) is 15.6 Å². The molecule has 0 aliphatic rings. The number of aryl methyl sites for hydroxylation is 1. The third-order valence-electron chi connectivity index (χ3n) is 3.30. The van der Waals surface area contributed by atoms with Gasteiger partial charge in [-0.15, -0.1) is 5.10 Å². The van der Waals surface area contributed by atoms with Crippen molar-refractivity contribution in [3.63, 3.8) is 0 Å². The smallest absolute Gasteiger partial charge is 0.152 e. The van der Waals surface area contributed by atoms with E-state index >= 15 is 0 Å². The molecule has 21 heavy (non-hydrogen) atoms. The third kappa shape index (κ3) is 2.67. The van der Waals surface area contributed by atoms with E-state index in [2.05, 4.69) is 21.9 Å². The molecule has 7 heteroatoms. The number of nitrogens with one attached hydrogen (secondary N) is 1. The number of hydrogen-bond donors (Lipinski definition) is 2. The predicted octanol–water partition coefficient (Wildman–Crippen LogP) is 3.44. The minimum atomic E-state index is -0.269. The second-order valence-corrected chi connectivity index (χ2v) is 5.93. The van der Waals surface area contributed by atoms with Crippen molar-refractivity contribution in [1.82, 2.24) is 15.0 Å². The van der Waals surface area contributed by atoms with Crippen molar-refractivity contribution < 1.29 is 4.42 Å². The summed E-state index contributed by atoms with van der Waals surface area (Å²) in [5, 5.41) is 5.72. The van der Waals surface area contributed by atoms with Crippen LogP contribution in [0.25, 0.3) is 11.0 Å². The number of nitrogens with zero attached hydrogens (tertiary/aromatic N) is 2. The fraction of sp³-hybridized carbons (Fsp3) is 0.286. The number of hydrogen-bond acceptors (Lipinski definition) is 6. The SMILES string of the molecule is CCCc1nnsc1C(NN)c1cc2cccc(Cl)c2o1. The highest BCUT2D eigenvalue weighted by Gasteiger charge is 2.23. The highest BCUT2D eigenvalue weighted by atomic mass is 35.5. The number of fused-ring (bicyclic) bond motifs is 1. The summed E-state index contributed by atoms with van der Waals surface area (Å²) in [6.45, 7) is 2.11. The van der Waals surface area contributed by atoms with Gasteiger partial charge in [-0.25, -0.2) is 5.43 Å². The first kappa shape index (κ1) is 14.5. The summed E-state index contributed by atoms with van der Waals surface area (Å²) >= 11 is 7.49. The summed E-state index contributed by atoms with van der Waals surface area (Å²) in [5.41, 5.74) is 4.42. The number of para-hydroxylation sites is 1. The predicted molar refractivity (Wildman–Crippen MR) is 84.3 cm³/mol. The molecule has 0 saturated heterocycles. The summed E-state index contributed by atoms with van der Waals surface area (Å²) in [4.78, 5) is 0.981. The van der Waals surface area contributed by atoms with Crippen molar-refractivity contribution in [1.29, 1.82) is 0 Å². The zero-order chi connectivity index (χ0) is 14.8. The van der Waals surface area contributed by atoms with Crippen LogP contribution >= 0.6 is 23.1 Å². The molecule has 1 aromatic carbocycles. The van der Waals surface area contributed by atoms with Gasteiger partial charge in [0.1, 0.15) is 11.8 Å². The van der Waals surface area contributed by atoms with Gasteiger partial charge in [0.15, 0.2) is 5.58 Å². The lowest BCUT2D eigenvalue weighted by Crippen LogP contribution is -2.28. The van der Waals surface area contributed by atoms with Crippen LogP contribution in [0.15, 0.2) is 28.7 Å². The van der Waals surface area contributed by atoms with Crippen molar-refractivity contribution in [2.24, 2.45) is 5.84 Å². The zero-order valence-corrected chi connectivity index (χ0v) is 13.0. The van der Waals surface area contributed by atoms with Crippen LogP contribution in [0.2, 0.25) is 5.02 Å². The molecule has 0 radical (unpaired) electrons. The van der Waals surface area contributed by atoms with E-state index in [-0.39, 0.29) is 6.04 Å². The summed E-state index contributed by atoms with van der Waals surface area (Å²) in [7, 11) is 0. The minimum Gasteiger partial charge on any atom is -0.457 e. The zero-order valence-electron chi connectivity index (χ0n) is 11.5. The number of rotatable bonds is 5. The molecule has 0 bridgehead atoms. The van der Waals surface area contributed by atoms with Gasteiger partial charge < -0.3 is 4.42 Å². The molecule has 3 rings (SSSR count). The van der Waals surface area contributed by atoms with Crippen molar-refractivity contribution in [2.75, 3.05) is 0 Å². The standard InChI is InChI=1S/C14H15ClN4OS/c1-2-4-10-14(21-19-18-10)12(17-16)11-7-8-5-3-6-9(15)13(8)20-11/h3,5-7,12,17H,2,4,16H2,1H3. The molecule has 3 aromatic rings. The van der Waals surface area contributed by atoms with Crippen LogP contribution in [-0.4, -0.2) is 9.59 Å². The lowest BCUT2D eigenvalue weighted by molar-refractivity contribution is 0.479. The Morgan fingerprint density at radius 1 is 1.48 bits per heavy atom. The van der Waals surface area contributed by atoms with Crippen LogP contribution in [0, 0.1) is 0 Å². The van der Waals surface area contributed by atoms with Crippen molar-refractivity contribution in [3.8, 4) is 0 Å². The molecule has 0 aliphatic carbocycles. The topological polar surface area (TPSA) is 77.0 Å². The van der Waals surface area contributed by atoms with Crippen LogP contribution in [0.4, 0.5) is 0 Å². The van der Waals surface area contributed by atoms with E-state index in [0.717, 1.165) is 28.8 Å². The van der Waals surface area contributed by atoms with Crippen molar-refractivity contribution >= 4 is 34.1 Å². The summed E-state index contributed by atoms with van der Waals surface area (Å²) in [6, 6.07) is 7.33. The Balaban J connectivity index is 2.05. The van der Waals surface area contributed by atoms with Crippen molar-refractivity contribution in [2.45, 2.75) is 25.8 Å². The molecule has 1 unspecified atom stereocenters. The lowest BCUT2D eigenvalue weighted by atomic mass is 10.1. The van der Waals surface area contributed by atoms with E-state index in [1.807, 2.05) is 18.2 Å². The maximum absolute atomic E-state index is 6.16. The van der Waals surface area contributed by atoms with Gasteiger partial charge >= 0.3 is 0 Å². The molecular weight excluding hydrogens is 308 g/mol. The highest BCUT2D eigenvalue weighted by molar-refractivity contribution is 7.05. The van der Waals surface area contributed by atoms with Gasteiger partial charge in [-0.05, 0) is 30.1 Å². The van der Waals surface area contributed by atoms with E-state index in [9.17, 15) is 0 Å². The average molecular weight is 323 g/mol. The van der Waals surface area contributed by atoms with Crippen LogP contribution < -0.4 is 11.3 Å². The molecule has 3 N–H and O–H groups in total. The van der Waals surface area contributed by atoms with Gasteiger partial charge in [-0.3, -0.25) is 5.84 Å². The first-order valence-electron chi connectivity index (χ1n) is 6.69. The van der Waals surface area contributed by atoms with E-state index < -0.39 is 0 Å². The molecule has 0 aliphatic heterocycles. The van der Waals surface area contributed by atoms with Gasteiger partial charge in [0.2, 0.25) is 0 Å². The number of aromatic nitrogens is 2. The maximum atomic E-state index is 6.16. The Morgan fingerprint density at radius 3 is 3.05 bits per heavy atom. The molecule has 0 fully saturated rings. The number of benzene rings is 1. The van der Waals surface area contributed by atoms with Crippen LogP contribution in [0.5, 0.6) is 0 Å². The summed E-state index contributed by atoms with van der Waals surface area (Å²) < 4.78 is 9.92. The number of hydrazine groups is 1. The molecule has 110 valence electrons. The lowest BCUT2D eigenvalue weighted by Gasteiger charge is -2.11. The molecule has 2 heterocycles. The summed E-state index contributed by atoms with van der Waals surface area (Å²) in [5.74, 6) is 6.44.